The normalized spacial score (nSPS) is 25.0. The average Bonchev–Trinajstić information content (AvgIpc) is 3.20. The summed E-state index contributed by atoms with van der Waals surface area (Å²) in [5.41, 5.74) is 5.32. The molecule has 25 heavy (non-hydrogen) atoms. The van der Waals surface area contributed by atoms with Crippen LogP contribution >= 0.6 is 0 Å². The summed E-state index contributed by atoms with van der Waals surface area (Å²) in [4.78, 5) is 6.87. The minimum atomic E-state index is -1.60. The molecule has 2 nitrogen and oxygen atoms in total. The third-order valence-electron chi connectivity index (χ3n) is 6.66. The van der Waals surface area contributed by atoms with E-state index in [1.807, 2.05) is 0 Å². The molecule has 4 rings (SSSR count). The average molecular weight is 347 g/mol. The number of fused-ring (bicyclic) bond motifs is 1. The second kappa shape index (κ2) is 7.27. The molecule has 1 N–H and O–H groups in total. The van der Waals surface area contributed by atoms with Gasteiger partial charge in [-0.05, 0) is 0 Å². The van der Waals surface area contributed by atoms with Gasteiger partial charge < -0.3 is 0 Å². The molecule has 3 aliphatic rings. The number of likely N-dealkylation sites (tertiary alicyclic amines) is 1. The number of allylic oxidation sites excluding steroid dienone is 1. The van der Waals surface area contributed by atoms with Crippen LogP contribution in [0.4, 0.5) is 0 Å². The molecular formula is C21H31LiN2Si. The molecule has 0 spiro atoms. The second-order valence-corrected chi connectivity index (χ2v) is 13.3. The van der Waals surface area contributed by atoms with E-state index in [-0.39, 0.29) is 0 Å². The van der Waals surface area contributed by atoms with E-state index < -0.39 is 8.24 Å². The summed E-state index contributed by atoms with van der Waals surface area (Å²) in [6.07, 6.45) is 9.73. The Balaban J connectivity index is 1.67. The number of nitrogens with zero attached hydrogens (tertiary/aromatic N) is 1. The summed E-state index contributed by atoms with van der Waals surface area (Å²) in [5, 5.41) is 0. The first-order chi connectivity index (χ1) is 12.1. The zero-order chi connectivity index (χ0) is 17.4. The molecule has 0 bridgehead atoms. The molecule has 1 aromatic carbocycles. The fourth-order valence-corrected chi connectivity index (χ4v) is 9.45. The van der Waals surface area contributed by atoms with Crippen LogP contribution < -0.4 is 4.98 Å². The van der Waals surface area contributed by atoms with E-state index in [0.717, 1.165) is 6.04 Å². The van der Waals surface area contributed by atoms with Gasteiger partial charge in [0.2, 0.25) is 0 Å². The van der Waals surface area contributed by atoms with Crippen LogP contribution in [0.15, 0.2) is 28.5 Å². The van der Waals surface area contributed by atoms with Gasteiger partial charge in [-0.1, -0.05) is 0 Å². The van der Waals surface area contributed by atoms with Crippen LogP contribution in [-0.4, -0.2) is 50.0 Å². The van der Waals surface area contributed by atoms with Gasteiger partial charge >= 0.3 is 164 Å². The Bertz CT molecular complexity index is 658. The van der Waals surface area contributed by atoms with Crippen molar-refractivity contribution in [2.45, 2.75) is 69.6 Å². The third kappa shape index (κ3) is 3.41. The van der Waals surface area contributed by atoms with Crippen molar-refractivity contribution in [3.8, 4) is 0 Å². The van der Waals surface area contributed by atoms with Crippen molar-refractivity contribution in [3.05, 3.63) is 39.6 Å². The SMILES string of the molecule is [Li][C]1=C(N2CCCC2)c2ccccc2C1[Si](C)(C)NC1CCCCC1. The van der Waals surface area contributed by atoms with Gasteiger partial charge in [-0.3, -0.25) is 0 Å². The predicted octanol–water partition coefficient (Wildman–Crippen LogP) is 4.38. The van der Waals surface area contributed by atoms with Crippen molar-refractivity contribution >= 4 is 31.6 Å². The summed E-state index contributed by atoms with van der Waals surface area (Å²) in [6, 6.07) is 10.0. The van der Waals surface area contributed by atoms with Gasteiger partial charge in [-0.2, -0.15) is 0 Å². The van der Waals surface area contributed by atoms with Crippen LogP contribution in [0.3, 0.4) is 0 Å². The van der Waals surface area contributed by atoms with E-state index in [0.29, 0.717) is 5.54 Å². The fourth-order valence-electron chi connectivity index (χ4n) is 5.69. The number of nitrogens with one attached hydrogen (secondary N) is 1. The van der Waals surface area contributed by atoms with Gasteiger partial charge in [0.25, 0.3) is 0 Å². The van der Waals surface area contributed by atoms with Gasteiger partial charge in [0.05, 0.1) is 0 Å². The quantitative estimate of drug-likeness (QED) is 0.814. The molecular weight excluding hydrogens is 315 g/mol. The zero-order valence-electron chi connectivity index (χ0n) is 16.3. The molecule has 130 valence electrons. The second-order valence-electron chi connectivity index (χ2n) is 8.95. The molecule has 0 aromatic heterocycles. The van der Waals surface area contributed by atoms with E-state index in [1.54, 1.807) is 15.5 Å². The first-order valence-corrected chi connectivity index (χ1v) is 13.5. The monoisotopic (exact) mass is 346 g/mol. The molecule has 0 radical (unpaired) electrons. The van der Waals surface area contributed by atoms with E-state index in [9.17, 15) is 0 Å². The summed E-state index contributed by atoms with van der Waals surface area (Å²) >= 11 is 2.43. The number of hydrogen-bond acceptors (Lipinski definition) is 2. The molecule has 1 aromatic rings. The van der Waals surface area contributed by atoms with Crippen LogP contribution in [0, 0.1) is 0 Å². The molecule has 1 saturated carbocycles. The molecule has 1 atom stereocenters. The maximum atomic E-state index is 4.21. The number of benzene rings is 1. The Morgan fingerprint density at radius 1 is 1.00 bits per heavy atom. The van der Waals surface area contributed by atoms with Crippen molar-refractivity contribution in [1.29, 1.82) is 0 Å². The van der Waals surface area contributed by atoms with Crippen molar-refractivity contribution in [1.82, 2.24) is 9.88 Å². The standard InChI is InChI=1S/C21H31N2Si.Li/c1-24(2,22-17-10-4-3-5-11-17)21-16-20(23-14-8-9-15-23)18-12-6-7-13-19(18)21;/h6-7,12-13,17,21-22H,3-5,8-11,14-15H2,1-2H3;. The Hall–Kier alpha value is -0.466. The van der Waals surface area contributed by atoms with Crippen LogP contribution in [0.2, 0.25) is 13.1 Å². The number of hydrogen-bond donors (Lipinski definition) is 1. The van der Waals surface area contributed by atoms with Gasteiger partial charge in [0.1, 0.15) is 0 Å². The zero-order valence-corrected chi connectivity index (χ0v) is 17.3. The van der Waals surface area contributed by atoms with Gasteiger partial charge in [0, 0.05) is 0 Å². The number of rotatable bonds is 4. The van der Waals surface area contributed by atoms with Crippen molar-refractivity contribution in [3.63, 3.8) is 0 Å². The van der Waals surface area contributed by atoms with Gasteiger partial charge in [-0.25, -0.2) is 0 Å². The maximum absolute atomic E-state index is 4.21. The van der Waals surface area contributed by atoms with E-state index in [2.05, 4.69) is 65.0 Å². The Morgan fingerprint density at radius 3 is 2.40 bits per heavy atom. The first kappa shape index (κ1) is 17.9. The fraction of sp³-hybridized carbons (Fsp3) is 0.619. The summed E-state index contributed by atoms with van der Waals surface area (Å²) in [6.45, 7) is 7.62. The molecule has 1 unspecified atom stereocenters. The van der Waals surface area contributed by atoms with E-state index in [4.69, 9.17) is 0 Å². The van der Waals surface area contributed by atoms with Crippen molar-refractivity contribution in [2.24, 2.45) is 0 Å². The van der Waals surface area contributed by atoms with Crippen molar-refractivity contribution < 1.29 is 0 Å². The molecule has 4 heteroatoms. The Kier molecular flexibility index (Phi) is 5.21. The first-order valence-electron chi connectivity index (χ1n) is 10.4. The Morgan fingerprint density at radius 2 is 1.68 bits per heavy atom. The molecule has 2 fully saturated rings. The van der Waals surface area contributed by atoms with Crippen LogP contribution in [0.25, 0.3) is 5.70 Å². The molecule has 1 aliphatic heterocycles. The topological polar surface area (TPSA) is 15.3 Å². The van der Waals surface area contributed by atoms with E-state index in [1.165, 1.54) is 63.6 Å². The summed E-state index contributed by atoms with van der Waals surface area (Å²) < 4.78 is 1.64. The summed E-state index contributed by atoms with van der Waals surface area (Å²) in [5.74, 6) is 0. The van der Waals surface area contributed by atoms with Crippen LogP contribution in [-0.2, 0) is 0 Å². The van der Waals surface area contributed by atoms with Gasteiger partial charge in [0.15, 0.2) is 0 Å². The molecule has 0 amide bonds. The van der Waals surface area contributed by atoms with Crippen LogP contribution in [0.5, 0.6) is 0 Å². The molecule has 2 aliphatic carbocycles. The molecule has 1 heterocycles. The third-order valence-corrected chi connectivity index (χ3v) is 10.00. The van der Waals surface area contributed by atoms with Crippen molar-refractivity contribution in [2.75, 3.05) is 13.1 Å². The Labute approximate surface area is 163 Å². The minimum absolute atomic E-state index is 0.626. The predicted molar refractivity (Wildman–Crippen MR) is 110 cm³/mol. The molecule has 1 saturated heterocycles. The van der Waals surface area contributed by atoms with Crippen LogP contribution in [0.1, 0.15) is 61.6 Å². The summed E-state index contributed by atoms with van der Waals surface area (Å²) in [7, 11) is -1.60. The van der Waals surface area contributed by atoms with E-state index >= 15 is 0 Å². The van der Waals surface area contributed by atoms with Gasteiger partial charge in [-0.15, -0.1) is 0 Å².